The molecule has 0 saturated heterocycles. The summed E-state index contributed by atoms with van der Waals surface area (Å²) < 4.78 is 0. The summed E-state index contributed by atoms with van der Waals surface area (Å²) in [5.41, 5.74) is 4.45. The van der Waals surface area contributed by atoms with E-state index in [-0.39, 0.29) is 11.8 Å². The van der Waals surface area contributed by atoms with Crippen LogP contribution in [0, 0.1) is 23.2 Å². The van der Waals surface area contributed by atoms with E-state index in [9.17, 15) is 10.1 Å². The van der Waals surface area contributed by atoms with Gasteiger partial charge in [0.05, 0.1) is 5.56 Å². The highest BCUT2D eigenvalue weighted by molar-refractivity contribution is 7.16. The van der Waals surface area contributed by atoms with E-state index in [0.29, 0.717) is 17.5 Å². The fraction of sp³-hybridized carbons (Fsp3) is 0.419. The molecule has 1 amide bonds. The predicted octanol–water partition coefficient (Wildman–Crippen LogP) is 7.20. The van der Waals surface area contributed by atoms with Crippen molar-refractivity contribution in [3.05, 3.63) is 86.8 Å². The van der Waals surface area contributed by atoms with Gasteiger partial charge in [-0.3, -0.25) is 4.79 Å². The molecule has 0 aliphatic heterocycles. The van der Waals surface area contributed by atoms with Crippen LogP contribution < -0.4 is 10.6 Å². The van der Waals surface area contributed by atoms with Gasteiger partial charge in [0.1, 0.15) is 11.1 Å². The van der Waals surface area contributed by atoms with Crippen LogP contribution in [0.3, 0.4) is 0 Å². The molecule has 0 saturated carbocycles. The first-order chi connectivity index (χ1) is 18.0. The zero-order chi connectivity index (χ0) is 26.2. The van der Waals surface area contributed by atoms with Gasteiger partial charge in [-0.05, 0) is 86.2 Å². The van der Waals surface area contributed by atoms with Gasteiger partial charge in [-0.15, -0.1) is 11.3 Å². The number of halogens is 1. The smallest absolute Gasteiger partial charge is 0.228 e. The maximum Gasteiger partial charge on any atom is 0.228 e. The number of hydrogen-bond acceptors (Lipinski definition) is 4. The predicted molar refractivity (Wildman–Crippen MR) is 154 cm³/mol. The maximum absolute atomic E-state index is 12.7. The summed E-state index contributed by atoms with van der Waals surface area (Å²) in [6.07, 6.45) is 6.38. The number of carbonyl (C=O) groups is 1. The van der Waals surface area contributed by atoms with Crippen molar-refractivity contribution in [3.63, 3.8) is 0 Å². The second-order valence-corrected chi connectivity index (χ2v) is 11.6. The summed E-state index contributed by atoms with van der Waals surface area (Å²) in [7, 11) is 0. The van der Waals surface area contributed by atoms with Gasteiger partial charge in [0.2, 0.25) is 5.91 Å². The van der Waals surface area contributed by atoms with Crippen LogP contribution >= 0.6 is 22.9 Å². The lowest BCUT2D eigenvalue weighted by molar-refractivity contribution is -0.120. The molecule has 2 N–H and O–H groups in total. The lowest BCUT2D eigenvalue weighted by Crippen LogP contribution is -2.38. The van der Waals surface area contributed by atoms with Crippen LogP contribution in [-0.2, 0) is 30.5 Å². The van der Waals surface area contributed by atoms with Crippen molar-refractivity contribution in [1.29, 1.82) is 5.26 Å². The molecule has 194 valence electrons. The molecule has 0 spiro atoms. The molecule has 0 fully saturated rings. The minimum absolute atomic E-state index is 0.0118. The highest BCUT2D eigenvalue weighted by Crippen LogP contribution is 2.38. The number of nitrogens with zero attached hydrogens (tertiary/aromatic N) is 1. The molecule has 2 aromatic carbocycles. The molecular formula is C31H36ClN3OS. The highest BCUT2D eigenvalue weighted by Gasteiger charge is 2.27. The van der Waals surface area contributed by atoms with Crippen LogP contribution in [0.25, 0.3) is 0 Å². The second kappa shape index (κ2) is 13.2. The van der Waals surface area contributed by atoms with E-state index in [1.54, 1.807) is 11.3 Å². The number of hydrogen-bond donors (Lipinski definition) is 2. The molecule has 2 atom stereocenters. The second-order valence-electron chi connectivity index (χ2n) is 10.1. The van der Waals surface area contributed by atoms with Crippen molar-refractivity contribution in [1.82, 2.24) is 5.32 Å². The molecule has 4 rings (SSSR count). The lowest BCUT2D eigenvalue weighted by atomic mass is 9.89. The zero-order valence-corrected chi connectivity index (χ0v) is 23.3. The molecule has 1 heterocycles. The monoisotopic (exact) mass is 533 g/mol. The lowest BCUT2D eigenvalue weighted by Gasteiger charge is -2.26. The number of benzene rings is 2. The normalized spacial score (nSPS) is 15.7. The molecule has 2 unspecified atom stereocenters. The topological polar surface area (TPSA) is 64.9 Å². The van der Waals surface area contributed by atoms with Gasteiger partial charge in [-0.1, -0.05) is 67.9 Å². The number of amides is 1. The van der Waals surface area contributed by atoms with Crippen molar-refractivity contribution in [2.45, 2.75) is 64.8 Å². The first kappa shape index (κ1) is 27.4. The van der Waals surface area contributed by atoms with Crippen LogP contribution in [0.5, 0.6) is 0 Å². The molecule has 37 heavy (non-hydrogen) atoms. The summed E-state index contributed by atoms with van der Waals surface area (Å²) in [5, 5.41) is 18.3. The van der Waals surface area contributed by atoms with Gasteiger partial charge < -0.3 is 10.6 Å². The van der Waals surface area contributed by atoms with E-state index in [1.165, 1.54) is 16.0 Å². The molecular weight excluding hydrogens is 498 g/mol. The summed E-state index contributed by atoms with van der Waals surface area (Å²) in [6.45, 7) is 4.99. The van der Waals surface area contributed by atoms with Crippen LogP contribution in [0.4, 0.5) is 5.00 Å². The number of thiophene rings is 1. The van der Waals surface area contributed by atoms with Gasteiger partial charge in [0.15, 0.2) is 0 Å². The zero-order valence-electron chi connectivity index (χ0n) is 21.7. The summed E-state index contributed by atoms with van der Waals surface area (Å²) >= 11 is 7.70. The van der Waals surface area contributed by atoms with Crippen molar-refractivity contribution in [2.24, 2.45) is 11.8 Å². The van der Waals surface area contributed by atoms with Gasteiger partial charge in [0.25, 0.3) is 0 Å². The number of fused-ring (bicyclic) bond motifs is 1. The Morgan fingerprint density at radius 2 is 1.76 bits per heavy atom. The third kappa shape index (κ3) is 7.23. The standard InChI is InChI=1S/C31H36ClN3OS/c1-3-24(4-2)30(36)35-31-28(19-33)27-15-14-26(18-29(27)37-31)34-20-23(16-21-8-6-5-7-9-21)17-22-10-12-25(32)13-11-22/h5-13,23-24,26,34H,3-4,14-18,20H2,1-2H3,(H,35,36). The summed E-state index contributed by atoms with van der Waals surface area (Å²) in [5.74, 6) is 0.473. The Balaban J connectivity index is 1.42. The van der Waals surface area contributed by atoms with E-state index in [4.69, 9.17) is 11.6 Å². The van der Waals surface area contributed by atoms with Crippen molar-refractivity contribution >= 4 is 33.8 Å². The highest BCUT2D eigenvalue weighted by atomic mass is 35.5. The number of anilines is 1. The Morgan fingerprint density at radius 3 is 2.41 bits per heavy atom. The summed E-state index contributed by atoms with van der Waals surface area (Å²) in [6, 6.07) is 21.6. The number of nitriles is 1. The van der Waals surface area contributed by atoms with E-state index < -0.39 is 0 Å². The van der Waals surface area contributed by atoms with E-state index >= 15 is 0 Å². The van der Waals surface area contributed by atoms with Crippen molar-refractivity contribution in [3.8, 4) is 6.07 Å². The molecule has 1 aliphatic rings. The van der Waals surface area contributed by atoms with Crippen LogP contribution in [0.15, 0.2) is 54.6 Å². The SMILES string of the molecule is CCC(CC)C(=O)Nc1sc2c(c1C#N)CCC(NCC(Cc1ccccc1)Cc1ccc(Cl)cc1)C2. The van der Waals surface area contributed by atoms with E-state index in [0.717, 1.165) is 67.1 Å². The Bertz CT molecular complexity index is 1210. The number of nitrogens with one attached hydrogen (secondary N) is 2. The fourth-order valence-electron chi connectivity index (χ4n) is 5.29. The van der Waals surface area contributed by atoms with Crippen molar-refractivity contribution < 1.29 is 4.79 Å². The Labute approximate surface area is 230 Å². The van der Waals surface area contributed by atoms with Gasteiger partial charge in [0, 0.05) is 21.9 Å². The van der Waals surface area contributed by atoms with Gasteiger partial charge >= 0.3 is 0 Å². The summed E-state index contributed by atoms with van der Waals surface area (Å²) in [4.78, 5) is 13.9. The maximum atomic E-state index is 12.7. The average molecular weight is 534 g/mol. The van der Waals surface area contributed by atoms with Crippen LogP contribution in [0.1, 0.15) is 60.2 Å². The Kier molecular flexibility index (Phi) is 9.80. The third-order valence-electron chi connectivity index (χ3n) is 7.47. The van der Waals surface area contributed by atoms with Gasteiger partial charge in [-0.25, -0.2) is 0 Å². The number of carbonyl (C=O) groups excluding carboxylic acids is 1. The molecule has 4 nitrogen and oxygen atoms in total. The quantitative estimate of drug-likeness (QED) is 0.274. The number of rotatable bonds is 11. The third-order valence-corrected chi connectivity index (χ3v) is 8.89. The first-order valence-electron chi connectivity index (χ1n) is 13.4. The molecule has 1 aromatic heterocycles. The molecule has 0 radical (unpaired) electrons. The molecule has 6 heteroatoms. The van der Waals surface area contributed by atoms with Crippen molar-refractivity contribution in [2.75, 3.05) is 11.9 Å². The largest absolute Gasteiger partial charge is 0.316 e. The fourth-order valence-corrected chi connectivity index (χ4v) is 6.70. The minimum Gasteiger partial charge on any atom is -0.316 e. The van der Waals surface area contributed by atoms with E-state index in [2.05, 4.69) is 59.2 Å². The van der Waals surface area contributed by atoms with Crippen LogP contribution in [0.2, 0.25) is 5.02 Å². The van der Waals surface area contributed by atoms with E-state index in [1.807, 2.05) is 26.0 Å². The average Bonchev–Trinajstić information content (AvgIpc) is 3.25. The molecule has 3 aromatic rings. The first-order valence-corrected chi connectivity index (χ1v) is 14.6. The van der Waals surface area contributed by atoms with Crippen LogP contribution in [-0.4, -0.2) is 18.5 Å². The minimum atomic E-state index is -0.0118. The molecule has 1 aliphatic carbocycles. The Hall–Kier alpha value is -2.65. The Morgan fingerprint density at radius 1 is 1.08 bits per heavy atom. The molecule has 0 bridgehead atoms. The van der Waals surface area contributed by atoms with Gasteiger partial charge in [-0.2, -0.15) is 5.26 Å².